The Morgan fingerprint density at radius 3 is 2.16 bits per heavy atom. The monoisotopic (exact) mass is 340 g/mol. The Labute approximate surface area is 147 Å². The summed E-state index contributed by atoms with van der Waals surface area (Å²) in [6.45, 7) is 0.405. The van der Waals surface area contributed by atoms with E-state index in [1.807, 2.05) is 12.1 Å². The van der Waals surface area contributed by atoms with Crippen molar-refractivity contribution in [3.8, 4) is 23.3 Å². The van der Waals surface area contributed by atoms with Crippen LogP contribution in [0.3, 0.4) is 0 Å². The fraction of sp³-hybridized carbons (Fsp3) is 0.263. The molecule has 6 nitrogen and oxygen atoms in total. The lowest BCUT2D eigenvalue weighted by Crippen LogP contribution is -2.26. The number of hydrogen-bond donors (Lipinski definition) is 0. The maximum Gasteiger partial charge on any atom is 0.257 e. The highest BCUT2D eigenvalue weighted by Crippen LogP contribution is 2.40. The zero-order valence-electron chi connectivity index (χ0n) is 14.7. The third-order valence-corrected chi connectivity index (χ3v) is 3.78. The summed E-state index contributed by atoms with van der Waals surface area (Å²) in [5.41, 5.74) is 1.89. The summed E-state index contributed by atoms with van der Waals surface area (Å²) in [6.07, 6.45) is 0. The Bertz CT molecular complexity index is 794. The van der Waals surface area contributed by atoms with E-state index in [9.17, 15) is 4.79 Å². The van der Waals surface area contributed by atoms with Crippen LogP contribution in [0.25, 0.3) is 0 Å². The van der Waals surface area contributed by atoms with E-state index in [1.54, 1.807) is 36.2 Å². The van der Waals surface area contributed by atoms with Crippen LogP contribution in [0.1, 0.15) is 21.5 Å². The molecule has 2 aromatic carbocycles. The minimum absolute atomic E-state index is 0.206. The summed E-state index contributed by atoms with van der Waals surface area (Å²) in [4.78, 5) is 14.4. The van der Waals surface area contributed by atoms with Crippen LogP contribution in [0.2, 0.25) is 0 Å². The van der Waals surface area contributed by atoms with Gasteiger partial charge in [0, 0.05) is 13.6 Å². The Kier molecular flexibility index (Phi) is 5.85. The molecule has 0 radical (unpaired) electrons. The van der Waals surface area contributed by atoms with Crippen molar-refractivity contribution in [1.82, 2.24) is 4.90 Å². The van der Waals surface area contributed by atoms with Crippen molar-refractivity contribution in [3.05, 3.63) is 53.1 Å². The van der Waals surface area contributed by atoms with Gasteiger partial charge in [-0.3, -0.25) is 4.79 Å². The van der Waals surface area contributed by atoms with Gasteiger partial charge in [-0.2, -0.15) is 5.26 Å². The quantitative estimate of drug-likeness (QED) is 0.808. The van der Waals surface area contributed by atoms with Crippen molar-refractivity contribution in [2.45, 2.75) is 6.54 Å². The maximum atomic E-state index is 12.8. The molecule has 2 rings (SSSR count). The van der Waals surface area contributed by atoms with Crippen LogP contribution in [0.4, 0.5) is 0 Å². The molecule has 6 heteroatoms. The van der Waals surface area contributed by atoms with E-state index < -0.39 is 0 Å². The second-order valence-corrected chi connectivity index (χ2v) is 5.35. The number of carbonyl (C=O) groups excluding carboxylic acids is 1. The molecule has 0 unspecified atom stereocenters. The molecule has 25 heavy (non-hydrogen) atoms. The molecule has 0 aliphatic rings. The number of nitrogens with zero attached hydrogens (tertiary/aromatic N) is 2. The van der Waals surface area contributed by atoms with E-state index in [1.165, 1.54) is 21.3 Å². The van der Waals surface area contributed by atoms with Gasteiger partial charge in [-0.15, -0.1) is 0 Å². The molecular formula is C19H20N2O4. The molecule has 0 saturated carbocycles. The van der Waals surface area contributed by atoms with Crippen molar-refractivity contribution < 1.29 is 19.0 Å². The SMILES string of the molecule is COc1ccc(C(=O)N(C)Cc2ccc(C#N)cc2)c(OC)c1OC. The number of rotatable bonds is 6. The van der Waals surface area contributed by atoms with Crippen molar-refractivity contribution in [1.29, 1.82) is 5.26 Å². The first-order chi connectivity index (χ1) is 12.0. The molecule has 0 bridgehead atoms. The molecule has 0 spiro atoms. The van der Waals surface area contributed by atoms with Crippen molar-refractivity contribution in [3.63, 3.8) is 0 Å². The zero-order chi connectivity index (χ0) is 18.4. The van der Waals surface area contributed by atoms with E-state index in [0.717, 1.165) is 5.56 Å². The van der Waals surface area contributed by atoms with Crippen LogP contribution in [-0.2, 0) is 6.54 Å². The van der Waals surface area contributed by atoms with Gasteiger partial charge in [0.1, 0.15) is 0 Å². The summed E-state index contributed by atoms with van der Waals surface area (Å²) in [5.74, 6) is 0.994. The minimum Gasteiger partial charge on any atom is -0.493 e. The fourth-order valence-corrected chi connectivity index (χ4v) is 2.51. The Hall–Kier alpha value is -3.20. The Balaban J connectivity index is 2.28. The molecule has 0 aliphatic carbocycles. The fourth-order valence-electron chi connectivity index (χ4n) is 2.51. The predicted molar refractivity (Wildman–Crippen MR) is 93.1 cm³/mol. The summed E-state index contributed by atoms with van der Waals surface area (Å²) in [5, 5.41) is 8.85. The van der Waals surface area contributed by atoms with E-state index in [4.69, 9.17) is 19.5 Å². The molecule has 1 amide bonds. The third kappa shape index (κ3) is 3.83. The molecule has 0 heterocycles. The van der Waals surface area contributed by atoms with Crippen LogP contribution < -0.4 is 14.2 Å². The van der Waals surface area contributed by atoms with E-state index in [-0.39, 0.29) is 5.91 Å². The average Bonchev–Trinajstić information content (AvgIpc) is 2.66. The van der Waals surface area contributed by atoms with Gasteiger partial charge >= 0.3 is 0 Å². The zero-order valence-corrected chi connectivity index (χ0v) is 14.7. The van der Waals surface area contributed by atoms with Gasteiger partial charge in [-0.05, 0) is 29.8 Å². The average molecular weight is 340 g/mol. The lowest BCUT2D eigenvalue weighted by atomic mass is 10.1. The standard InChI is InChI=1S/C19H20N2O4/c1-21(12-14-7-5-13(11-20)6-8-14)19(22)15-9-10-16(23-2)18(25-4)17(15)24-3/h5-10H,12H2,1-4H3. The predicted octanol–water partition coefficient (Wildman–Crippen LogP) is 2.86. The smallest absolute Gasteiger partial charge is 0.257 e. The molecular weight excluding hydrogens is 320 g/mol. The first-order valence-electron chi connectivity index (χ1n) is 7.59. The van der Waals surface area contributed by atoms with Gasteiger partial charge in [-0.1, -0.05) is 12.1 Å². The second-order valence-electron chi connectivity index (χ2n) is 5.35. The van der Waals surface area contributed by atoms with Crippen LogP contribution >= 0.6 is 0 Å². The first kappa shape index (κ1) is 18.1. The van der Waals surface area contributed by atoms with E-state index in [2.05, 4.69) is 6.07 Å². The molecule has 0 atom stereocenters. The van der Waals surface area contributed by atoms with Crippen molar-refractivity contribution in [2.24, 2.45) is 0 Å². The molecule has 0 saturated heterocycles. The molecule has 0 N–H and O–H groups in total. The third-order valence-electron chi connectivity index (χ3n) is 3.78. The summed E-state index contributed by atoms with van der Waals surface area (Å²) >= 11 is 0. The molecule has 0 aliphatic heterocycles. The Morgan fingerprint density at radius 2 is 1.64 bits per heavy atom. The maximum absolute atomic E-state index is 12.8. The van der Waals surface area contributed by atoms with Gasteiger partial charge in [0.2, 0.25) is 5.75 Å². The van der Waals surface area contributed by atoms with Gasteiger partial charge in [-0.25, -0.2) is 0 Å². The van der Waals surface area contributed by atoms with Gasteiger partial charge in [0.25, 0.3) is 5.91 Å². The highest BCUT2D eigenvalue weighted by atomic mass is 16.5. The van der Waals surface area contributed by atoms with Gasteiger partial charge < -0.3 is 19.1 Å². The number of ether oxygens (including phenoxy) is 3. The topological polar surface area (TPSA) is 71.8 Å². The van der Waals surface area contributed by atoms with Gasteiger partial charge in [0.05, 0.1) is 38.5 Å². The lowest BCUT2D eigenvalue weighted by Gasteiger charge is -2.20. The molecule has 130 valence electrons. The number of hydrogen-bond acceptors (Lipinski definition) is 5. The normalized spacial score (nSPS) is 9.88. The van der Waals surface area contributed by atoms with Crippen LogP contribution in [-0.4, -0.2) is 39.2 Å². The summed E-state index contributed by atoms with van der Waals surface area (Å²) in [7, 11) is 6.20. The van der Waals surface area contributed by atoms with Crippen molar-refractivity contribution in [2.75, 3.05) is 28.4 Å². The molecule has 0 fully saturated rings. The lowest BCUT2D eigenvalue weighted by molar-refractivity contribution is 0.0781. The van der Waals surface area contributed by atoms with Crippen LogP contribution in [0.5, 0.6) is 17.2 Å². The number of amides is 1. The Morgan fingerprint density at radius 1 is 1.00 bits per heavy atom. The van der Waals surface area contributed by atoms with Crippen LogP contribution in [0.15, 0.2) is 36.4 Å². The minimum atomic E-state index is -0.206. The van der Waals surface area contributed by atoms with E-state index >= 15 is 0 Å². The largest absolute Gasteiger partial charge is 0.493 e. The van der Waals surface area contributed by atoms with E-state index in [0.29, 0.717) is 34.9 Å². The number of carbonyl (C=O) groups is 1. The van der Waals surface area contributed by atoms with Crippen molar-refractivity contribution >= 4 is 5.91 Å². The second kappa shape index (κ2) is 8.06. The summed E-state index contributed by atoms with van der Waals surface area (Å²) < 4.78 is 15.9. The highest BCUT2D eigenvalue weighted by molar-refractivity contribution is 5.98. The number of benzene rings is 2. The highest BCUT2D eigenvalue weighted by Gasteiger charge is 2.23. The number of nitriles is 1. The first-order valence-corrected chi connectivity index (χ1v) is 7.59. The molecule has 0 aromatic heterocycles. The summed E-state index contributed by atoms with van der Waals surface area (Å²) in [6, 6.07) is 12.5. The van der Waals surface area contributed by atoms with Crippen LogP contribution in [0, 0.1) is 11.3 Å². The number of methoxy groups -OCH3 is 3. The van der Waals surface area contributed by atoms with Gasteiger partial charge in [0.15, 0.2) is 11.5 Å². The molecule has 2 aromatic rings.